The van der Waals surface area contributed by atoms with Gasteiger partial charge in [-0.1, -0.05) is 66.7 Å². The predicted molar refractivity (Wildman–Crippen MR) is 140 cm³/mol. The molecule has 0 aliphatic heterocycles. The second-order valence-electron chi connectivity index (χ2n) is 7.61. The molecule has 0 bridgehead atoms. The number of carbonyl (C=O) groups excluding carboxylic acids is 1. The molecule has 0 fully saturated rings. The standard InChI is InChI=1S/C26H20N4O3S2/c31-26(20-12-5-7-14-23(20)30-35(32,33)24-15-8-16-34-24)29-27-17-21-19-11-4-6-13-22(19)28-25(21)18-9-2-1-3-10-18/h1-17,28,30H,(H,29,31)/b27-17-. The average molecular weight is 501 g/mol. The Morgan fingerprint density at radius 1 is 0.886 bits per heavy atom. The molecule has 1 amide bonds. The van der Waals surface area contributed by atoms with E-state index >= 15 is 0 Å². The van der Waals surface area contributed by atoms with Gasteiger partial charge in [-0.2, -0.15) is 5.10 Å². The summed E-state index contributed by atoms with van der Waals surface area (Å²) in [4.78, 5) is 16.3. The number of hydrazone groups is 1. The van der Waals surface area contributed by atoms with Crippen molar-refractivity contribution in [2.24, 2.45) is 5.10 Å². The molecule has 0 aliphatic carbocycles. The second kappa shape index (κ2) is 9.57. The first kappa shape index (κ1) is 22.6. The monoisotopic (exact) mass is 500 g/mol. The Labute approximate surface area is 206 Å². The van der Waals surface area contributed by atoms with E-state index in [0.29, 0.717) is 0 Å². The minimum Gasteiger partial charge on any atom is -0.354 e. The van der Waals surface area contributed by atoms with Gasteiger partial charge in [-0.05, 0) is 35.2 Å². The van der Waals surface area contributed by atoms with Crippen molar-refractivity contribution >= 4 is 50.1 Å². The van der Waals surface area contributed by atoms with Gasteiger partial charge in [-0.25, -0.2) is 13.8 Å². The van der Waals surface area contributed by atoms with E-state index in [9.17, 15) is 13.2 Å². The van der Waals surface area contributed by atoms with Crippen molar-refractivity contribution in [3.8, 4) is 11.3 Å². The summed E-state index contributed by atoms with van der Waals surface area (Å²) in [7, 11) is -3.80. The van der Waals surface area contributed by atoms with Gasteiger partial charge in [0.2, 0.25) is 0 Å². The number of H-pyrrole nitrogens is 1. The third-order valence-corrected chi connectivity index (χ3v) is 8.11. The van der Waals surface area contributed by atoms with Gasteiger partial charge in [0.1, 0.15) is 4.21 Å². The zero-order valence-corrected chi connectivity index (χ0v) is 19.9. The van der Waals surface area contributed by atoms with Crippen LogP contribution in [0.3, 0.4) is 0 Å². The highest BCUT2D eigenvalue weighted by atomic mass is 32.2. The van der Waals surface area contributed by atoms with Crippen LogP contribution in [0.4, 0.5) is 5.69 Å². The van der Waals surface area contributed by atoms with Crippen LogP contribution in [-0.2, 0) is 10.0 Å². The maximum atomic E-state index is 12.9. The van der Waals surface area contributed by atoms with Crippen molar-refractivity contribution in [1.82, 2.24) is 10.4 Å². The Hall–Kier alpha value is -4.21. The maximum Gasteiger partial charge on any atom is 0.273 e. The summed E-state index contributed by atoms with van der Waals surface area (Å²) in [6, 6.07) is 27.3. The zero-order valence-electron chi connectivity index (χ0n) is 18.3. The SMILES string of the molecule is O=C(N/N=C\c1c(-c2ccccc2)[nH]c2ccccc12)c1ccccc1NS(=O)(=O)c1cccs1. The number of para-hydroxylation sites is 2. The van der Waals surface area contributed by atoms with Crippen molar-refractivity contribution in [2.75, 3.05) is 4.72 Å². The van der Waals surface area contributed by atoms with Gasteiger partial charge in [0.15, 0.2) is 0 Å². The minimum absolute atomic E-state index is 0.159. The predicted octanol–water partition coefficient (Wildman–Crippen LogP) is 5.46. The van der Waals surface area contributed by atoms with E-state index in [2.05, 4.69) is 20.2 Å². The number of anilines is 1. The van der Waals surface area contributed by atoms with Crippen molar-refractivity contribution < 1.29 is 13.2 Å². The molecule has 0 radical (unpaired) electrons. The molecule has 3 N–H and O–H groups in total. The van der Waals surface area contributed by atoms with Crippen LogP contribution < -0.4 is 10.1 Å². The lowest BCUT2D eigenvalue weighted by Crippen LogP contribution is -2.21. The number of hydrogen-bond acceptors (Lipinski definition) is 5. The van der Waals surface area contributed by atoms with E-state index in [1.807, 2.05) is 54.6 Å². The maximum absolute atomic E-state index is 12.9. The number of nitrogens with one attached hydrogen (secondary N) is 3. The minimum atomic E-state index is -3.80. The summed E-state index contributed by atoms with van der Waals surface area (Å²) in [5, 5.41) is 6.84. The van der Waals surface area contributed by atoms with E-state index in [1.54, 1.807) is 29.8 Å². The quantitative estimate of drug-likeness (QED) is 0.204. The second-order valence-corrected chi connectivity index (χ2v) is 10.5. The first-order valence-electron chi connectivity index (χ1n) is 10.7. The highest BCUT2D eigenvalue weighted by molar-refractivity contribution is 7.94. The van der Waals surface area contributed by atoms with Gasteiger partial charge in [-0.3, -0.25) is 9.52 Å². The van der Waals surface area contributed by atoms with E-state index in [4.69, 9.17) is 0 Å². The normalized spacial score (nSPS) is 11.7. The van der Waals surface area contributed by atoms with Crippen LogP contribution in [0.2, 0.25) is 0 Å². The van der Waals surface area contributed by atoms with E-state index in [-0.39, 0.29) is 15.5 Å². The summed E-state index contributed by atoms with van der Waals surface area (Å²) in [5.41, 5.74) is 6.51. The fourth-order valence-corrected chi connectivity index (χ4v) is 5.80. The summed E-state index contributed by atoms with van der Waals surface area (Å²) >= 11 is 1.10. The van der Waals surface area contributed by atoms with Gasteiger partial charge in [0.25, 0.3) is 15.9 Å². The number of aromatic amines is 1. The Kier molecular flexibility index (Phi) is 6.17. The lowest BCUT2D eigenvalue weighted by atomic mass is 10.1. The summed E-state index contributed by atoms with van der Waals surface area (Å²) in [5.74, 6) is -0.535. The number of nitrogens with zero attached hydrogens (tertiary/aromatic N) is 1. The smallest absolute Gasteiger partial charge is 0.273 e. The van der Waals surface area contributed by atoms with Crippen LogP contribution in [0, 0.1) is 0 Å². The fourth-order valence-electron chi connectivity index (χ4n) is 3.73. The Morgan fingerprint density at radius 2 is 1.63 bits per heavy atom. The molecular formula is C26H20N4O3S2. The Balaban J connectivity index is 1.42. The number of hydrogen-bond donors (Lipinski definition) is 3. The molecule has 0 aliphatic rings. The van der Waals surface area contributed by atoms with Crippen LogP contribution in [0.25, 0.3) is 22.2 Å². The molecule has 0 atom stereocenters. The van der Waals surface area contributed by atoms with Crippen LogP contribution in [0.1, 0.15) is 15.9 Å². The number of thiophene rings is 1. The molecule has 0 spiro atoms. The number of fused-ring (bicyclic) bond motifs is 1. The number of benzene rings is 3. The average Bonchev–Trinajstić information content (AvgIpc) is 3.54. The molecule has 2 heterocycles. The summed E-state index contributed by atoms with van der Waals surface area (Å²) < 4.78 is 27.9. The third kappa shape index (κ3) is 4.72. The number of carbonyl (C=O) groups is 1. The highest BCUT2D eigenvalue weighted by Crippen LogP contribution is 2.29. The van der Waals surface area contributed by atoms with Crippen molar-refractivity contribution in [3.05, 3.63) is 108 Å². The van der Waals surface area contributed by atoms with Gasteiger partial charge < -0.3 is 4.98 Å². The topological polar surface area (TPSA) is 103 Å². The van der Waals surface area contributed by atoms with Gasteiger partial charge in [0.05, 0.1) is 23.2 Å². The Morgan fingerprint density at radius 3 is 2.43 bits per heavy atom. The van der Waals surface area contributed by atoms with Crippen LogP contribution in [0.5, 0.6) is 0 Å². The van der Waals surface area contributed by atoms with Crippen molar-refractivity contribution in [2.45, 2.75) is 4.21 Å². The first-order valence-corrected chi connectivity index (χ1v) is 13.0. The number of aromatic nitrogens is 1. The molecule has 9 heteroatoms. The molecule has 0 saturated heterocycles. The van der Waals surface area contributed by atoms with Gasteiger partial charge >= 0.3 is 0 Å². The molecule has 2 aromatic heterocycles. The van der Waals surface area contributed by atoms with E-state index in [1.165, 1.54) is 18.2 Å². The molecule has 7 nitrogen and oxygen atoms in total. The van der Waals surface area contributed by atoms with Gasteiger partial charge in [-0.15, -0.1) is 11.3 Å². The zero-order chi connectivity index (χ0) is 24.3. The summed E-state index contributed by atoms with van der Waals surface area (Å²) in [6.45, 7) is 0. The molecule has 174 valence electrons. The first-order chi connectivity index (χ1) is 17.0. The van der Waals surface area contributed by atoms with Crippen LogP contribution in [-0.4, -0.2) is 25.5 Å². The molecule has 5 rings (SSSR count). The van der Waals surface area contributed by atoms with Crippen molar-refractivity contribution in [1.29, 1.82) is 0 Å². The lowest BCUT2D eigenvalue weighted by molar-refractivity contribution is 0.0956. The van der Waals surface area contributed by atoms with E-state index < -0.39 is 15.9 Å². The lowest BCUT2D eigenvalue weighted by Gasteiger charge is -2.10. The third-order valence-electron chi connectivity index (χ3n) is 5.34. The number of sulfonamides is 1. The molecule has 3 aromatic carbocycles. The molecule has 5 aromatic rings. The molecule has 0 saturated carbocycles. The largest absolute Gasteiger partial charge is 0.354 e. The van der Waals surface area contributed by atoms with Gasteiger partial charge in [0, 0.05) is 16.5 Å². The molecule has 0 unspecified atom stereocenters. The molecule has 35 heavy (non-hydrogen) atoms. The highest BCUT2D eigenvalue weighted by Gasteiger charge is 2.19. The fraction of sp³-hybridized carbons (Fsp3) is 0. The van der Waals surface area contributed by atoms with Crippen LogP contribution in [0.15, 0.2) is 106 Å². The van der Waals surface area contributed by atoms with Crippen LogP contribution >= 0.6 is 11.3 Å². The summed E-state index contributed by atoms with van der Waals surface area (Å²) in [6.07, 6.45) is 1.59. The molecular weight excluding hydrogens is 480 g/mol. The van der Waals surface area contributed by atoms with Crippen molar-refractivity contribution in [3.63, 3.8) is 0 Å². The Bertz CT molecular complexity index is 1620. The number of amides is 1. The number of rotatable bonds is 7. The van der Waals surface area contributed by atoms with E-state index in [0.717, 1.165) is 39.1 Å².